The number of hydrogen-bond acceptors (Lipinski definition) is 0. The molecule has 0 heteroatoms. The molecule has 116 valence electrons. The average Bonchev–Trinajstić information content (AvgIpc) is 2.30. The van der Waals surface area contributed by atoms with Crippen LogP contribution in [0, 0.1) is 47.4 Å². The van der Waals surface area contributed by atoms with Crippen molar-refractivity contribution in [2.24, 2.45) is 23.7 Å². The van der Waals surface area contributed by atoms with E-state index in [0.717, 1.165) is 37.0 Å². The molecule has 0 spiro atoms. The lowest BCUT2D eigenvalue weighted by atomic mass is 10.1. The largest absolute Gasteiger partial charge is 0.103 e. The highest BCUT2D eigenvalue weighted by atomic mass is 13.9. The minimum atomic E-state index is 0.534. The summed E-state index contributed by atoms with van der Waals surface area (Å²) in [5, 5.41) is 0. The van der Waals surface area contributed by atoms with Gasteiger partial charge in [-0.05, 0) is 24.2 Å². The molecule has 0 heterocycles. The molecule has 0 N–H and O–H groups in total. The molecule has 0 atom stereocenters. The maximum atomic E-state index is 3.17. The Morgan fingerprint density at radius 3 is 1.35 bits per heavy atom. The van der Waals surface area contributed by atoms with Gasteiger partial charge in [0, 0.05) is 25.2 Å². The van der Waals surface area contributed by atoms with Gasteiger partial charge in [-0.1, -0.05) is 55.4 Å². The van der Waals surface area contributed by atoms with E-state index in [-0.39, 0.29) is 0 Å². The normalized spacial score (nSPS) is 9.80. The summed E-state index contributed by atoms with van der Waals surface area (Å²) < 4.78 is 0. The van der Waals surface area contributed by atoms with Crippen LogP contribution >= 0.6 is 0 Å². The molecule has 0 aliphatic carbocycles. The molecule has 0 aromatic rings. The molecule has 0 bridgehead atoms. The maximum absolute atomic E-state index is 3.17. The smallest absolute Gasteiger partial charge is 0.0146 e. The van der Waals surface area contributed by atoms with Gasteiger partial charge < -0.3 is 0 Å². The van der Waals surface area contributed by atoms with Gasteiger partial charge in [0.1, 0.15) is 0 Å². The Balaban J connectivity index is 0. The molecule has 0 fully saturated rings. The van der Waals surface area contributed by atoms with Crippen molar-refractivity contribution in [2.75, 3.05) is 0 Å². The van der Waals surface area contributed by atoms with Gasteiger partial charge in [-0.25, -0.2) is 0 Å². The summed E-state index contributed by atoms with van der Waals surface area (Å²) in [5.41, 5.74) is 0. The van der Waals surface area contributed by atoms with E-state index >= 15 is 0 Å². The second-order valence-corrected chi connectivity index (χ2v) is 6.96. The van der Waals surface area contributed by atoms with Gasteiger partial charge in [0.2, 0.25) is 0 Å². The SMILES string of the molecule is CC(C)C#CCCC(C)C.CC(C)CC#CCC(C)C. The zero-order chi connectivity index (χ0) is 16.0. The van der Waals surface area contributed by atoms with Gasteiger partial charge in [-0.2, -0.15) is 0 Å². The Labute approximate surface area is 129 Å². The first-order valence-corrected chi connectivity index (χ1v) is 8.19. The molecule has 0 radical (unpaired) electrons. The topological polar surface area (TPSA) is 0 Å². The Morgan fingerprint density at radius 1 is 0.600 bits per heavy atom. The molecular formula is C20H36. The highest BCUT2D eigenvalue weighted by molar-refractivity contribution is 5.01. The summed E-state index contributed by atoms with van der Waals surface area (Å²) in [6.45, 7) is 17.5. The lowest BCUT2D eigenvalue weighted by Gasteiger charge is -1.97. The van der Waals surface area contributed by atoms with E-state index in [2.05, 4.69) is 79.1 Å². The van der Waals surface area contributed by atoms with Crippen molar-refractivity contribution in [2.45, 2.75) is 81.1 Å². The second kappa shape index (κ2) is 14.5. The first-order chi connectivity index (χ1) is 9.25. The summed E-state index contributed by atoms with van der Waals surface area (Å²) in [4.78, 5) is 0. The Hall–Kier alpha value is -0.880. The fourth-order valence-corrected chi connectivity index (χ4v) is 1.19. The fourth-order valence-electron chi connectivity index (χ4n) is 1.19. The zero-order valence-corrected chi connectivity index (χ0v) is 15.1. The minimum absolute atomic E-state index is 0.534. The lowest BCUT2D eigenvalue weighted by molar-refractivity contribution is 0.599. The van der Waals surface area contributed by atoms with Crippen LogP contribution in [0.1, 0.15) is 81.1 Å². The third-order valence-corrected chi connectivity index (χ3v) is 2.38. The van der Waals surface area contributed by atoms with Crippen LogP contribution in [0.5, 0.6) is 0 Å². The van der Waals surface area contributed by atoms with Crippen LogP contribution in [0.3, 0.4) is 0 Å². The Bertz CT molecular complexity index is 295. The molecule has 0 saturated carbocycles. The molecule has 0 amide bonds. The van der Waals surface area contributed by atoms with Gasteiger partial charge in [0.15, 0.2) is 0 Å². The lowest BCUT2D eigenvalue weighted by Crippen LogP contribution is -1.85. The monoisotopic (exact) mass is 276 g/mol. The quantitative estimate of drug-likeness (QED) is 0.539. The predicted octanol–water partition coefficient (Wildman–Crippen LogP) is 6.16. The van der Waals surface area contributed by atoms with Crippen molar-refractivity contribution in [3.8, 4) is 23.7 Å². The summed E-state index contributed by atoms with van der Waals surface area (Å²) in [7, 11) is 0. The van der Waals surface area contributed by atoms with E-state index in [9.17, 15) is 0 Å². The highest BCUT2D eigenvalue weighted by Crippen LogP contribution is 2.02. The summed E-state index contributed by atoms with van der Waals surface area (Å²) in [6, 6.07) is 0. The molecule has 0 aliphatic rings. The second-order valence-electron chi connectivity index (χ2n) is 6.96. The summed E-state index contributed by atoms with van der Waals surface area (Å²) in [6.07, 6.45) is 4.40. The summed E-state index contributed by atoms with van der Waals surface area (Å²) >= 11 is 0. The van der Waals surface area contributed by atoms with Crippen LogP contribution in [0.25, 0.3) is 0 Å². The molecule has 0 aromatic heterocycles. The van der Waals surface area contributed by atoms with E-state index in [0.29, 0.717) is 5.92 Å². The molecule has 0 saturated heterocycles. The molecule has 0 aromatic carbocycles. The van der Waals surface area contributed by atoms with E-state index < -0.39 is 0 Å². The Kier molecular flexibility index (Phi) is 15.6. The third kappa shape index (κ3) is 25.8. The van der Waals surface area contributed by atoms with Crippen LogP contribution in [-0.2, 0) is 0 Å². The van der Waals surface area contributed by atoms with Gasteiger partial charge in [0.05, 0.1) is 0 Å². The van der Waals surface area contributed by atoms with Crippen LogP contribution in [0.15, 0.2) is 0 Å². The first-order valence-electron chi connectivity index (χ1n) is 8.19. The summed E-state index contributed by atoms with van der Waals surface area (Å²) in [5.74, 6) is 15.4. The maximum Gasteiger partial charge on any atom is 0.0146 e. The molecule has 0 nitrogen and oxygen atoms in total. The van der Waals surface area contributed by atoms with E-state index in [1.54, 1.807) is 0 Å². The van der Waals surface area contributed by atoms with Gasteiger partial charge in [-0.15, -0.1) is 23.7 Å². The van der Waals surface area contributed by atoms with Crippen LogP contribution < -0.4 is 0 Å². The van der Waals surface area contributed by atoms with E-state index in [1.807, 2.05) is 0 Å². The molecular weight excluding hydrogens is 240 g/mol. The van der Waals surface area contributed by atoms with Gasteiger partial charge in [0.25, 0.3) is 0 Å². The standard InChI is InChI=1S/2C10H18/c2*1-9(2)7-5-6-8-10(3)4/h9-10H,7-8H2,1-4H3;9-10H,5,7H2,1-4H3. The Morgan fingerprint density at radius 2 is 1.05 bits per heavy atom. The number of hydrogen-bond donors (Lipinski definition) is 0. The average molecular weight is 277 g/mol. The number of rotatable bonds is 4. The van der Waals surface area contributed by atoms with Crippen molar-refractivity contribution >= 4 is 0 Å². The highest BCUT2D eigenvalue weighted by Gasteiger charge is 1.89. The van der Waals surface area contributed by atoms with Gasteiger partial charge in [-0.3, -0.25) is 0 Å². The van der Waals surface area contributed by atoms with E-state index in [1.165, 1.54) is 6.42 Å². The molecule has 20 heavy (non-hydrogen) atoms. The fraction of sp³-hybridized carbons (Fsp3) is 0.800. The molecule has 0 aliphatic heterocycles. The van der Waals surface area contributed by atoms with Crippen molar-refractivity contribution in [1.29, 1.82) is 0 Å². The van der Waals surface area contributed by atoms with Crippen LogP contribution in [-0.4, -0.2) is 0 Å². The zero-order valence-electron chi connectivity index (χ0n) is 15.1. The van der Waals surface area contributed by atoms with Crippen LogP contribution in [0.2, 0.25) is 0 Å². The first kappa shape index (κ1) is 21.4. The van der Waals surface area contributed by atoms with Crippen molar-refractivity contribution < 1.29 is 0 Å². The molecule has 0 unspecified atom stereocenters. The van der Waals surface area contributed by atoms with Crippen molar-refractivity contribution in [3.05, 3.63) is 0 Å². The minimum Gasteiger partial charge on any atom is -0.103 e. The van der Waals surface area contributed by atoms with Gasteiger partial charge >= 0.3 is 0 Å². The van der Waals surface area contributed by atoms with E-state index in [4.69, 9.17) is 0 Å². The predicted molar refractivity (Wildman–Crippen MR) is 93.4 cm³/mol. The van der Waals surface area contributed by atoms with Crippen LogP contribution in [0.4, 0.5) is 0 Å². The van der Waals surface area contributed by atoms with Crippen molar-refractivity contribution in [3.63, 3.8) is 0 Å². The molecule has 0 rings (SSSR count). The van der Waals surface area contributed by atoms with Crippen molar-refractivity contribution in [1.82, 2.24) is 0 Å². The third-order valence-electron chi connectivity index (χ3n) is 2.38.